The fourth-order valence-corrected chi connectivity index (χ4v) is 5.66. The number of carbonyl (C=O) groups excluding carboxylic acids is 1. The Labute approximate surface area is 231 Å². The molecule has 1 N–H and O–H groups in total. The van der Waals surface area contributed by atoms with Gasteiger partial charge in [-0.3, -0.25) is 9.53 Å². The second kappa shape index (κ2) is 13.0. The molecule has 1 aliphatic rings. The molecule has 6 nitrogen and oxygen atoms in total. The summed E-state index contributed by atoms with van der Waals surface area (Å²) in [7, 11) is -1.26. The van der Waals surface area contributed by atoms with E-state index in [1.807, 2.05) is 12.1 Å². The van der Waals surface area contributed by atoms with Gasteiger partial charge in [0.15, 0.2) is 0 Å². The van der Waals surface area contributed by atoms with Crippen LogP contribution in [0, 0.1) is 0 Å². The molecule has 0 spiro atoms. The number of fused-ring (bicyclic) bond motifs is 1. The minimum Gasteiger partial charge on any atom is -0.490 e. The van der Waals surface area contributed by atoms with Crippen LogP contribution in [-0.4, -0.2) is 42.4 Å². The molecule has 5 rings (SSSR count). The Hall–Kier alpha value is -3.52. The van der Waals surface area contributed by atoms with Gasteiger partial charge in [-0.1, -0.05) is 60.7 Å². The standard InChI is InChI=1S/C32H33NO5S/c1-39(35)30-9-5-4-8-29(30)32(34)37-19-18-36-28-14-12-25(13-15-28)27-16-17-33-31(21-27)38-22-23-10-11-24-6-2-3-7-26(24)20-23/h2-15,20,27,31,33H,16-19,21-22H2,1H3. The highest BCUT2D eigenvalue weighted by Gasteiger charge is 2.23. The number of carbonyl (C=O) groups is 1. The van der Waals surface area contributed by atoms with Crippen LogP contribution < -0.4 is 10.1 Å². The average molecular weight is 544 g/mol. The third-order valence-corrected chi connectivity index (χ3v) is 7.96. The number of ether oxygens (including phenoxy) is 3. The number of esters is 1. The maximum Gasteiger partial charge on any atom is 0.339 e. The normalized spacial score (nSPS) is 18.0. The maximum atomic E-state index is 12.4. The van der Waals surface area contributed by atoms with Gasteiger partial charge in [-0.15, -0.1) is 0 Å². The largest absolute Gasteiger partial charge is 0.490 e. The Morgan fingerprint density at radius 2 is 1.69 bits per heavy atom. The van der Waals surface area contributed by atoms with E-state index in [1.54, 1.807) is 30.5 Å². The van der Waals surface area contributed by atoms with Crippen molar-refractivity contribution in [2.24, 2.45) is 0 Å². The predicted molar refractivity (Wildman–Crippen MR) is 153 cm³/mol. The molecule has 0 amide bonds. The van der Waals surface area contributed by atoms with E-state index in [2.05, 4.69) is 59.9 Å². The lowest BCUT2D eigenvalue weighted by Crippen LogP contribution is -2.39. The maximum absolute atomic E-state index is 12.4. The van der Waals surface area contributed by atoms with Gasteiger partial charge in [0.05, 0.1) is 27.9 Å². The fraction of sp³-hybridized carbons (Fsp3) is 0.281. The van der Waals surface area contributed by atoms with Crippen LogP contribution in [0.4, 0.5) is 0 Å². The van der Waals surface area contributed by atoms with Gasteiger partial charge in [0, 0.05) is 6.26 Å². The third-order valence-electron chi connectivity index (χ3n) is 6.98. The first kappa shape index (κ1) is 27.1. The molecule has 7 heteroatoms. The van der Waals surface area contributed by atoms with Crippen molar-refractivity contribution in [3.8, 4) is 5.75 Å². The third kappa shape index (κ3) is 7.12. The van der Waals surface area contributed by atoms with Gasteiger partial charge < -0.3 is 14.2 Å². The minimum absolute atomic E-state index is 0.0103. The van der Waals surface area contributed by atoms with Crippen molar-refractivity contribution >= 4 is 27.5 Å². The number of hydrogen-bond acceptors (Lipinski definition) is 6. The molecule has 0 aliphatic carbocycles. The Bertz CT molecular complexity index is 1440. The number of nitrogens with one attached hydrogen (secondary N) is 1. The van der Waals surface area contributed by atoms with E-state index in [4.69, 9.17) is 14.2 Å². The molecular formula is C32H33NO5S. The fourth-order valence-electron chi connectivity index (χ4n) is 4.93. The van der Waals surface area contributed by atoms with Crippen molar-refractivity contribution in [1.82, 2.24) is 5.32 Å². The van der Waals surface area contributed by atoms with Crippen molar-refractivity contribution in [2.75, 3.05) is 26.0 Å². The van der Waals surface area contributed by atoms with E-state index in [-0.39, 0.29) is 19.4 Å². The summed E-state index contributed by atoms with van der Waals surface area (Å²) in [5.74, 6) is 0.637. The number of hydrogen-bond donors (Lipinski definition) is 1. The number of piperidine rings is 1. The summed E-state index contributed by atoms with van der Waals surface area (Å²) in [5.41, 5.74) is 2.76. The summed E-state index contributed by atoms with van der Waals surface area (Å²) in [6.07, 6.45) is 3.52. The molecule has 39 heavy (non-hydrogen) atoms. The Balaban J connectivity index is 1.07. The van der Waals surface area contributed by atoms with Crippen molar-refractivity contribution in [3.05, 3.63) is 108 Å². The molecule has 4 aromatic rings. The van der Waals surface area contributed by atoms with Crippen molar-refractivity contribution in [2.45, 2.75) is 36.5 Å². The molecule has 3 atom stereocenters. The first-order valence-corrected chi connectivity index (χ1v) is 14.8. The van der Waals surface area contributed by atoms with Gasteiger partial charge in [0.1, 0.15) is 25.2 Å². The van der Waals surface area contributed by atoms with Gasteiger partial charge in [-0.25, -0.2) is 4.79 Å². The second-order valence-electron chi connectivity index (χ2n) is 9.66. The summed E-state index contributed by atoms with van der Waals surface area (Å²) >= 11 is 0. The molecular weight excluding hydrogens is 510 g/mol. The molecule has 1 fully saturated rings. The average Bonchev–Trinajstić information content (AvgIpc) is 2.98. The zero-order valence-corrected chi connectivity index (χ0v) is 22.8. The smallest absolute Gasteiger partial charge is 0.339 e. The van der Waals surface area contributed by atoms with Gasteiger partial charge in [-0.2, -0.15) is 0 Å². The van der Waals surface area contributed by atoms with Crippen LogP contribution in [0.2, 0.25) is 0 Å². The molecule has 3 unspecified atom stereocenters. The molecule has 0 aromatic heterocycles. The Morgan fingerprint density at radius 1 is 0.923 bits per heavy atom. The summed E-state index contributed by atoms with van der Waals surface area (Å²) in [5, 5.41) is 5.96. The van der Waals surface area contributed by atoms with Crippen molar-refractivity contribution in [3.63, 3.8) is 0 Å². The van der Waals surface area contributed by atoms with Crippen LogP contribution in [0.15, 0.2) is 95.9 Å². The van der Waals surface area contributed by atoms with Crippen LogP contribution in [0.1, 0.15) is 40.2 Å². The minimum atomic E-state index is -1.26. The lowest BCUT2D eigenvalue weighted by molar-refractivity contribution is -0.00399. The first-order chi connectivity index (χ1) is 19.1. The second-order valence-corrected chi connectivity index (χ2v) is 11.0. The summed E-state index contributed by atoms with van der Waals surface area (Å²) in [4.78, 5) is 12.8. The van der Waals surface area contributed by atoms with E-state index in [0.29, 0.717) is 23.0 Å². The van der Waals surface area contributed by atoms with Crippen LogP contribution in [0.5, 0.6) is 5.75 Å². The van der Waals surface area contributed by atoms with Gasteiger partial charge in [0.25, 0.3) is 0 Å². The van der Waals surface area contributed by atoms with Crippen molar-refractivity contribution in [1.29, 1.82) is 0 Å². The molecule has 1 heterocycles. The molecule has 4 aromatic carbocycles. The first-order valence-electron chi connectivity index (χ1n) is 13.2. The Morgan fingerprint density at radius 3 is 2.51 bits per heavy atom. The van der Waals surface area contributed by atoms with Crippen LogP contribution >= 0.6 is 0 Å². The van der Waals surface area contributed by atoms with Gasteiger partial charge in [0.2, 0.25) is 0 Å². The highest BCUT2D eigenvalue weighted by molar-refractivity contribution is 7.84. The lowest BCUT2D eigenvalue weighted by atomic mass is 9.89. The molecule has 0 saturated carbocycles. The van der Waals surface area contributed by atoms with E-state index >= 15 is 0 Å². The van der Waals surface area contributed by atoms with Crippen LogP contribution in [-0.2, 0) is 26.9 Å². The van der Waals surface area contributed by atoms with E-state index < -0.39 is 16.8 Å². The molecule has 0 radical (unpaired) electrons. The van der Waals surface area contributed by atoms with Gasteiger partial charge >= 0.3 is 5.97 Å². The monoisotopic (exact) mass is 543 g/mol. The van der Waals surface area contributed by atoms with E-state index in [1.165, 1.54) is 21.9 Å². The van der Waals surface area contributed by atoms with E-state index in [9.17, 15) is 9.00 Å². The summed E-state index contributed by atoms with van der Waals surface area (Å²) in [6.45, 7) is 1.83. The quantitative estimate of drug-likeness (QED) is 0.201. The predicted octanol–water partition coefficient (Wildman–Crippen LogP) is 5.82. The molecule has 0 bridgehead atoms. The summed E-state index contributed by atoms with van der Waals surface area (Å²) < 4.78 is 29.2. The molecule has 1 saturated heterocycles. The van der Waals surface area contributed by atoms with Crippen molar-refractivity contribution < 1.29 is 23.2 Å². The zero-order chi connectivity index (χ0) is 27.0. The molecule has 202 valence electrons. The zero-order valence-electron chi connectivity index (χ0n) is 22.0. The van der Waals surface area contributed by atoms with Gasteiger partial charge in [-0.05, 0) is 77.5 Å². The highest BCUT2D eigenvalue weighted by atomic mass is 32.2. The SMILES string of the molecule is CS(=O)c1ccccc1C(=O)OCCOc1ccc(C2CCNC(OCc3ccc4ccccc4c3)C2)cc1. The van der Waals surface area contributed by atoms with Crippen LogP contribution in [0.25, 0.3) is 10.8 Å². The van der Waals surface area contributed by atoms with E-state index in [0.717, 1.165) is 25.1 Å². The van der Waals surface area contributed by atoms with Crippen LogP contribution in [0.3, 0.4) is 0 Å². The number of benzene rings is 4. The lowest BCUT2D eigenvalue weighted by Gasteiger charge is -2.30. The summed E-state index contributed by atoms with van der Waals surface area (Å²) in [6, 6.07) is 29.7. The Kier molecular flexibility index (Phi) is 9.04. The highest BCUT2D eigenvalue weighted by Crippen LogP contribution is 2.30. The topological polar surface area (TPSA) is 73.9 Å². The molecule has 1 aliphatic heterocycles. The number of rotatable bonds is 10.